The maximum atomic E-state index is 13.9. The summed E-state index contributed by atoms with van der Waals surface area (Å²) in [6.45, 7) is 0.306. The fourth-order valence-electron chi connectivity index (χ4n) is 1.79. The lowest BCUT2D eigenvalue weighted by Crippen LogP contribution is -2.00. The topological polar surface area (TPSA) is 64.4 Å². The van der Waals surface area contributed by atoms with Gasteiger partial charge in [-0.1, -0.05) is 6.07 Å². The summed E-state index contributed by atoms with van der Waals surface area (Å²) in [6.07, 6.45) is 2.71. The molecule has 0 heterocycles. The van der Waals surface area contributed by atoms with Crippen LogP contribution in [-0.4, -0.2) is 6.21 Å². The molecule has 0 spiro atoms. The van der Waals surface area contributed by atoms with E-state index in [0.29, 0.717) is 23.4 Å². The SMILES string of the molecule is NC=C(C=Nc1ccc(F)cc1)c1cc(CN)ccc1F. The Hall–Kier alpha value is -2.53. The maximum Gasteiger partial charge on any atom is 0.131 e. The second kappa shape index (κ2) is 6.76. The molecule has 2 aromatic carbocycles. The van der Waals surface area contributed by atoms with Crippen LogP contribution in [0.3, 0.4) is 0 Å². The molecule has 0 fully saturated rings. The zero-order valence-electron chi connectivity index (χ0n) is 11.3. The summed E-state index contributed by atoms with van der Waals surface area (Å²) in [5.74, 6) is -0.750. The Labute approximate surface area is 121 Å². The summed E-state index contributed by atoms with van der Waals surface area (Å²) in [7, 11) is 0. The molecule has 2 rings (SSSR count). The highest BCUT2D eigenvalue weighted by Gasteiger charge is 2.07. The Bertz CT molecular complexity index is 676. The van der Waals surface area contributed by atoms with Crippen molar-refractivity contribution < 1.29 is 8.78 Å². The van der Waals surface area contributed by atoms with E-state index in [4.69, 9.17) is 11.5 Å². The van der Waals surface area contributed by atoms with Gasteiger partial charge in [0.1, 0.15) is 11.6 Å². The zero-order chi connectivity index (χ0) is 15.2. The standard InChI is InChI=1S/C16H15F2N3/c17-13-2-4-14(5-3-13)21-10-12(9-20)15-7-11(8-19)1-6-16(15)18/h1-7,9-10H,8,19-20H2. The first-order chi connectivity index (χ1) is 10.1. The summed E-state index contributed by atoms with van der Waals surface area (Å²) in [5, 5.41) is 0. The van der Waals surface area contributed by atoms with Crippen LogP contribution in [-0.2, 0) is 6.54 Å². The predicted molar refractivity (Wildman–Crippen MR) is 81.0 cm³/mol. The Balaban J connectivity index is 2.30. The number of hydrogen-bond donors (Lipinski definition) is 2. The van der Waals surface area contributed by atoms with Crippen molar-refractivity contribution in [3.05, 3.63) is 71.4 Å². The molecular weight excluding hydrogens is 272 g/mol. The van der Waals surface area contributed by atoms with Gasteiger partial charge in [-0.25, -0.2) is 8.78 Å². The lowest BCUT2D eigenvalue weighted by atomic mass is 10.0. The number of nitrogens with two attached hydrogens (primary N) is 2. The minimum Gasteiger partial charge on any atom is -0.404 e. The summed E-state index contributed by atoms with van der Waals surface area (Å²) in [4.78, 5) is 4.15. The van der Waals surface area contributed by atoms with Crippen LogP contribution in [0.2, 0.25) is 0 Å². The lowest BCUT2D eigenvalue weighted by molar-refractivity contribution is 0.623. The quantitative estimate of drug-likeness (QED) is 0.848. The first-order valence-corrected chi connectivity index (χ1v) is 6.34. The number of rotatable bonds is 4. The smallest absolute Gasteiger partial charge is 0.131 e. The van der Waals surface area contributed by atoms with Crippen molar-refractivity contribution in [1.82, 2.24) is 0 Å². The van der Waals surface area contributed by atoms with Crippen LogP contribution in [0.15, 0.2) is 53.7 Å². The maximum absolute atomic E-state index is 13.9. The van der Waals surface area contributed by atoms with E-state index in [1.54, 1.807) is 12.1 Å². The summed E-state index contributed by atoms with van der Waals surface area (Å²) in [5.41, 5.74) is 13.2. The van der Waals surface area contributed by atoms with Crippen LogP contribution in [0.4, 0.5) is 14.5 Å². The first kappa shape index (κ1) is 14.9. The number of halogens is 2. The fraction of sp³-hybridized carbons (Fsp3) is 0.0625. The van der Waals surface area contributed by atoms with Crippen LogP contribution >= 0.6 is 0 Å². The van der Waals surface area contributed by atoms with Crippen LogP contribution in [0, 0.1) is 11.6 Å². The van der Waals surface area contributed by atoms with Gasteiger partial charge in [0.05, 0.1) is 5.69 Å². The molecular formula is C16H15F2N3. The molecule has 3 nitrogen and oxygen atoms in total. The number of allylic oxidation sites excluding steroid dienone is 1. The molecule has 0 aliphatic carbocycles. The molecule has 4 N–H and O–H groups in total. The van der Waals surface area contributed by atoms with Crippen molar-refractivity contribution in [2.75, 3.05) is 0 Å². The van der Waals surface area contributed by atoms with E-state index < -0.39 is 5.82 Å². The van der Waals surface area contributed by atoms with Gasteiger partial charge in [0, 0.05) is 30.1 Å². The monoisotopic (exact) mass is 287 g/mol. The van der Waals surface area contributed by atoms with Gasteiger partial charge in [-0.05, 0) is 42.0 Å². The normalized spacial score (nSPS) is 12.0. The van der Waals surface area contributed by atoms with Crippen molar-refractivity contribution in [2.45, 2.75) is 6.54 Å². The predicted octanol–water partition coefficient (Wildman–Crippen LogP) is 3.13. The van der Waals surface area contributed by atoms with E-state index >= 15 is 0 Å². The molecule has 0 atom stereocenters. The Morgan fingerprint density at radius 2 is 1.81 bits per heavy atom. The third-order valence-electron chi connectivity index (χ3n) is 2.94. The highest BCUT2D eigenvalue weighted by atomic mass is 19.1. The summed E-state index contributed by atoms with van der Waals surface area (Å²) >= 11 is 0. The van der Waals surface area contributed by atoms with Crippen LogP contribution < -0.4 is 11.5 Å². The van der Waals surface area contributed by atoms with Gasteiger partial charge >= 0.3 is 0 Å². The largest absolute Gasteiger partial charge is 0.404 e. The molecule has 0 bridgehead atoms. The van der Waals surface area contributed by atoms with Gasteiger partial charge in [0.25, 0.3) is 0 Å². The molecule has 21 heavy (non-hydrogen) atoms. The van der Waals surface area contributed by atoms with Crippen LogP contribution in [0.1, 0.15) is 11.1 Å². The van der Waals surface area contributed by atoms with E-state index in [1.807, 2.05) is 0 Å². The minimum absolute atomic E-state index is 0.306. The third-order valence-corrected chi connectivity index (χ3v) is 2.94. The third kappa shape index (κ3) is 3.73. The highest BCUT2D eigenvalue weighted by Crippen LogP contribution is 2.20. The molecule has 0 aliphatic rings. The van der Waals surface area contributed by atoms with Gasteiger partial charge in [-0.2, -0.15) is 0 Å². The second-order valence-corrected chi connectivity index (χ2v) is 4.37. The Morgan fingerprint density at radius 3 is 2.43 bits per heavy atom. The summed E-state index contributed by atoms with van der Waals surface area (Å²) < 4.78 is 26.7. The van der Waals surface area contributed by atoms with Crippen molar-refractivity contribution in [3.8, 4) is 0 Å². The van der Waals surface area contributed by atoms with Crippen molar-refractivity contribution in [3.63, 3.8) is 0 Å². The molecule has 0 saturated carbocycles. The lowest BCUT2D eigenvalue weighted by Gasteiger charge is -2.06. The first-order valence-electron chi connectivity index (χ1n) is 6.34. The number of hydrogen-bond acceptors (Lipinski definition) is 3. The molecule has 0 saturated heterocycles. The molecule has 0 radical (unpaired) electrons. The average Bonchev–Trinajstić information content (AvgIpc) is 2.51. The van der Waals surface area contributed by atoms with Gasteiger partial charge in [0.2, 0.25) is 0 Å². The molecule has 0 aliphatic heterocycles. The van der Waals surface area contributed by atoms with Crippen molar-refractivity contribution in [2.24, 2.45) is 16.5 Å². The molecule has 5 heteroatoms. The number of benzene rings is 2. The van der Waals surface area contributed by atoms with Crippen molar-refractivity contribution in [1.29, 1.82) is 0 Å². The van der Waals surface area contributed by atoms with Gasteiger partial charge in [-0.15, -0.1) is 0 Å². The highest BCUT2D eigenvalue weighted by molar-refractivity contribution is 6.10. The molecule has 108 valence electrons. The van der Waals surface area contributed by atoms with E-state index in [2.05, 4.69) is 4.99 Å². The molecule has 0 unspecified atom stereocenters. The zero-order valence-corrected chi connectivity index (χ0v) is 11.3. The van der Waals surface area contributed by atoms with Crippen LogP contribution in [0.25, 0.3) is 5.57 Å². The van der Waals surface area contributed by atoms with Crippen molar-refractivity contribution >= 4 is 17.5 Å². The molecule has 0 amide bonds. The Kier molecular flexibility index (Phi) is 4.79. The number of nitrogens with zero attached hydrogens (tertiary/aromatic N) is 1. The average molecular weight is 287 g/mol. The number of aliphatic imine (C=N–C) groups is 1. The second-order valence-electron chi connectivity index (χ2n) is 4.37. The van der Waals surface area contributed by atoms with Gasteiger partial charge < -0.3 is 11.5 Å². The molecule has 2 aromatic rings. The summed E-state index contributed by atoms with van der Waals surface area (Å²) in [6, 6.07) is 10.2. The van der Waals surface area contributed by atoms with Gasteiger partial charge in [0.15, 0.2) is 0 Å². The van der Waals surface area contributed by atoms with E-state index in [-0.39, 0.29) is 5.82 Å². The molecule has 0 aromatic heterocycles. The Morgan fingerprint density at radius 1 is 1.10 bits per heavy atom. The fourth-order valence-corrected chi connectivity index (χ4v) is 1.79. The van der Waals surface area contributed by atoms with Gasteiger partial charge in [-0.3, -0.25) is 4.99 Å². The van der Waals surface area contributed by atoms with Crippen LogP contribution in [0.5, 0.6) is 0 Å². The van der Waals surface area contributed by atoms with E-state index in [9.17, 15) is 8.78 Å². The minimum atomic E-state index is -0.408. The van der Waals surface area contributed by atoms with E-state index in [1.165, 1.54) is 42.7 Å². The van der Waals surface area contributed by atoms with E-state index in [0.717, 1.165) is 5.56 Å².